The Labute approximate surface area is 397 Å². The third-order valence-electron chi connectivity index (χ3n) is 12.1. The van der Waals surface area contributed by atoms with Crippen LogP contribution in [0.4, 0.5) is 0 Å². The van der Waals surface area contributed by atoms with E-state index in [2.05, 4.69) is 69.4 Å². The number of allylic oxidation sites excluding steroid dienone is 8. The Morgan fingerprint density at radius 2 is 0.562 bits per heavy atom. The maximum Gasteiger partial charge on any atom is 0.306 e. The van der Waals surface area contributed by atoms with E-state index in [0.717, 1.165) is 89.9 Å². The molecule has 0 spiro atoms. The Balaban J connectivity index is 4.37. The van der Waals surface area contributed by atoms with Crippen LogP contribution in [0.25, 0.3) is 0 Å². The Kier molecular flexibility index (Phi) is 50.8. The van der Waals surface area contributed by atoms with Crippen molar-refractivity contribution in [2.75, 3.05) is 13.2 Å². The van der Waals surface area contributed by atoms with E-state index in [4.69, 9.17) is 14.2 Å². The Hall–Kier alpha value is -2.63. The van der Waals surface area contributed by atoms with Gasteiger partial charge in [0.25, 0.3) is 0 Å². The minimum Gasteiger partial charge on any atom is -0.462 e. The van der Waals surface area contributed by atoms with Crippen molar-refractivity contribution >= 4 is 17.9 Å². The Morgan fingerprint density at radius 3 is 0.922 bits per heavy atom. The molecule has 0 rings (SSSR count). The lowest BCUT2D eigenvalue weighted by Gasteiger charge is -2.18. The van der Waals surface area contributed by atoms with Gasteiger partial charge in [0.05, 0.1) is 0 Å². The number of unbranched alkanes of at least 4 members (excludes halogenated alkanes) is 31. The molecule has 0 aliphatic heterocycles. The molecule has 1 atom stereocenters. The van der Waals surface area contributed by atoms with Crippen molar-refractivity contribution in [1.29, 1.82) is 0 Å². The summed E-state index contributed by atoms with van der Waals surface area (Å²) < 4.78 is 16.8. The zero-order chi connectivity index (χ0) is 46.5. The second kappa shape index (κ2) is 53.0. The third-order valence-corrected chi connectivity index (χ3v) is 12.1. The number of rotatable bonds is 50. The zero-order valence-electron chi connectivity index (χ0n) is 42.6. The van der Waals surface area contributed by atoms with Crippen molar-refractivity contribution in [3.05, 3.63) is 48.6 Å². The van der Waals surface area contributed by atoms with Crippen molar-refractivity contribution in [3.8, 4) is 0 Å². The molecule has 64 heavy (non-hydrogen) atoms. The van der Waals surface area contributed by atoms with Crippen LogP contribution in [0.3, 0.4) is 0 Å². The molecule has 0 unspecified atom stereocenters. The lowest BCUT2D eigenvalue weighted by Crippen LogP contribution is -2.30. The van der Waals surface area contributed by atoms with Crippen LogP contribution in [0.1, 0.15) is 284 Å². The van der Waals surface area contributed by atoms with E-state index in [-0.39, 0.29) is 31.1 Å². The maximum absolute atomic E-state index is 12.8. The minimum absolute atomic E-state index is 0.0781. The van der Waals surface area contributed by atoms with Gasteiger partial charge in [-0.1, -0.05) is 230 Å². The number of hydrogen-bond acceptors (Lipinski definition) is 6. The highest BCUT2D eigenvalue weighted by Gasteiger charge is 2.19. The number of esters is 3. The van der Waals surface area contributed by atoms with Crippen molar-refractivity contribution in [1.82, 2.24) is 0 Å². The van der Waals surface area contributed by atoms with E-state index < -0.39 is 6.10 Å². The molecule has 0 amide bonds. The quantitative estimate of drug-likeness (QED) is 0.0262. The molecule has 0 radical (unpaired) electrons. The van der Waals surface area contributed by atoms with E-state index in [9.17, 15) is 14.4 Å². The smallest absolute Gasteiger partial charge is 0.306 e. The zero-order valence-corrected chi connectivity index (χ0v) is 42.6. The van der Waals surface area contributed by atoms with E-state index in [0.29, 0.717) is 19.3 Å². The number of ether oxygens (including phenoxy) is 3. The summed E-state index contributed by atoms with van der Waals surface area (Å²) in [6.07, 6.45) is 63.7. The molecule has 0 fully saturated rings. The van der Waals surface area contributed by atoms with Gasteiger partial charge >= 0.3 is 17.9 Å². The fourth-order valence-corrected chi connectivity index (χ4v) is 7.86. The van der Waals surface area contributed by atoms with E-state index in [1.165, 1.54) is 154 Å². The molecule has 0 heterocycles. The predicted molar refractivity (Wildman–Crippen MR) is 275 cm³/mol. The highest BCUT2D eigenvalue weighted by Crippen LogP contribution is 2.15. The maximum atomic E-state index is 12.8. The number of carbonyl (C=O) groups is 3. The van der Waals surface area contributed by atoms with E-state index in [1.807, 2.05) is 0 Å². The van der Waals surface area contributed by atoms with Gasteiger partial charge in [-0.3, -0.25) is 14.4 Å². The molecule has 6 heteroatoms. The van der Waals surface area contributed by atoms with Crippen LogP contribution >= 0.6 is 0 Å². The van der Waals surface area contributed by atoms with Gasteiger partial charge in [0.15, 0.2) is 6.10 Å². The molecule has 372 valence electrons. The average molecular weight is 897 g/mol. The highest BCUT2D eigenvalue weighted by molar-refractivity contribution is 5.71. The van der Waals surface area contributed by atoms with Gasteiger partial charge in [-0.05, 0) is 83.5 Å². The molecule has 0 saturated carbocycles. The molecule has 0 aromatic carbocycles. The molecule has 0 saturated heterocycles. The summed E-state index contributed by atoms with van der Waals surface area (Å²) >= 11 is 0. The van der Waals surface area contributed by atoms with Gasteiger partial charge in [0.1, 0.15) is 13.2 Å². The molecule has 0 aromatic rings. The third kappa shape index (κ3) is 50.4. The van der Waals surface area contributed by atoms with Crippen molar-refractivity contribution in [3.63, 3.8) is 0 Å². The summed E-state index contributed by atoms with van der Waals surface area (Å²) in [4.78, 5) is 38.0. The van der Waals surface area contributed by atoms with Crippen molar-refractivity contribution in [2.24, 2.45) is 0 Å². The van der Waals surface area contributed by atoms with Gasteiger partial charge in [-0.25, -0.2) is 0 Å². The second-order valence-electron chi connectivity index (χ2n) is 18.5. The van der Waals surface area contributed by atoms with E-state index in [1.54, 1.807) is 0 Å². The monoisotopic (exact) mass is 897 g/mol. The fourth-order valence-electron chi connectivity index (χ4n) is 7.86. The first-order valence-electron chi connectivity index (χ1n) is 27.6. The van der Waals surface area contributed by atoms with Crippen LogP contribution in [-0.2, 0) is 28.6 Å². The molecular weight excluding hydrogens is 793 g/mol. The highest BCUT2D eigenvalue weighted by atomic mass is 16.6. The first kappa shape index (κ1) is 61.4. The minimum atomic E-state index is -0.780. The van der Waals surface area contributed by atoms with Crippen LogP contribution in [-0.4, -0.2) is 37.2 Å². The van der Waals surface area contributed by atoms with Crippen LogP contribution < -0.4 is 0 Å². The summed E-state index contributed by atoms with van der Waals surface area (Å²) in [5.74, 6) is -0.889. The predicted octanol–water partition coefficient (Wildman–Crippen LogP) is 18.3. The van der Waals surface area contributed by atoms with Gasteiger partial charge in [-0.15, -0.1) is 0 Å². The van der Waals surface area contributed by atoms with Crippen LogP contribution in [0.5, 0.6) is 0 Å². The average Bonchev–Trinajstić information content (AvgIpc) is 3.29. The summed E-state index contributed by atoms with van der Waals surface area (Å²) in [7, 11) is 0. The Morgan fingerprint density at radius 1 is 0.312 bits per heavy atom. The lowest BCUT2D eigenvalue weighted by molar-refractivity contribution is -0.167. The molecule has 0 bridgehead atoms. The molecule has 0 aliphatic rings. The first-order chi connectivity index (χ1) is 31.5. The second-order valence-corrected chi connectivity index (χ2v) is 18.5. The molecule has 0 aliphatic carbocycles. The topological polar surface area (TPSA) is 78.9 Å². The standard InChI is InChI=1S/C58H104O6/c1-4-7-10-13-16-19-22-25-27-28-29-30-31-34-36-39-42-45-48-51-57(60)63-54-55(53-62-56(59)50-47-44-41-38-35-32-24-21-18-15-12-9-6-3)64-58(61)52-49-46-43-40-37-33-26-23-20-17-14-11-8-5-2/h16,19,23,25-27,29-30,55H,4-15,17-18,20-22,24,28,31-54H2,1-3H3/b19-16-,26-23-,27-25-,30-29-/t55-/m1/s1. The lowest BCUT2D eigenvalue weighted by atomic mass is 10.0. The molecule has 0 N–H and O–H groups in total. The van der Waals surface area contributed by atoms with Gasteiger partial charge in [0.2, 0.25) is 0 Å². The SMILES string of the molecule is CCCCC/C=C\C/C=C\C/C=C\CCCCCCCCC(=O)OC[C@@H](COC(=O)CCCCCCCCCCCCCCC)OC(=O)CCCCCCC/C=C\CCCCCCC. The van der Waals surface area contributed by atoms with Gasteiger partial charge in [0, 0.05) is 19.3 Å². The van der Waals surface area contributed by atoms with Crippen molar-refractivity contribution < 1.29 is 28.6 Å². The number of hydrogen-bond donors (Lipinski definition) is 0. The summed E-state index contributed by atoms with van der Waals surface area (Å²) in [6, 6.07) is 0. The Bertz CT molecular complexity index is 1120. The van der Waals surface area contributed by atoms with E-state index >= 15 is 0 Å². The van der Waals surface area contributed by atoms with Gasteiger partial charge in [-0.2, -0.15) is 0 Å². The first-order valence-corrected chi connectivity index (χ1v) is 27.6. The van der Waals surface area contributed by atoms with Crippen molar-refractivity contribution in [2.45, 2.75) is 290 Å². The normalized spacial score (nSPS) is 12.4. The fraction of sp³-hybridized carbons (Fsp3) is 0.810. The van der Waals surface area contributed by atoms with Crippen LogP contribution in [0.15, 0.2) is 48.6 Å². The summed E-state index contributed by atoms with van der Waals surface area (Å²) in [5.41, 5.74) is 0. The van der Waals surface area contributed by atoms with Gasteiger partial charge < -0.3 is 14.2 Å². The summed E-state index contributed by atoms with van der Waals surface area (Å²) in [6.45, 7) is 6.61. The largest absolute Gasteiger partial charge is 0.462 e. The molecular formula is C58H104O6. The molecule has 0 aromatic heterocycles. The number of carbonyl (C=O) groups excluding carboxylic acids is 3. The van der Waals surface area contributed by atoms with Crippen LogP contribution in [0.2, 0.25) is 0 Å². The summed E-state index contributed by atoms with van der Waals surface area (Å²) in [5, 5.41) is 0. The molecule has 6 nitrogen and oxygen atoms in total. The van der Waals surface area contributed by atoms with Crippen LogP contribution in [0, 0.1) is 0 Å².